The normalized spacial score (nSPS) is 10.4. The van der Waals surface area contributed by atoms with Crippen molar-refractivity contribution in [3.05, 3.63) is 40.5 Å². The van der Waals surface area contributed by atoms with Crippen molar-refractivity contribution >= 4 is 22.9 Å². The summed E-state index contributed by atoms with van der Waals surface area (Å²) in [5.74, 6) is 0. The largest absolute Gasteiger partial charge is 0.390 e. The summed E-state index contributed by atoms with van der Waals surface area (Å²) in [6, 6.07) is 7.54. The molecule has 1 aromatic carbocycles. The maximum Gasteiger partial charge on any atom is 0.0867 e. The molecular weight excluding hydrogens is 218 g/mol. The predicted molar refractivity (Wildman–Crippen MR) is 58.5 cm³/mol. The van der Waals surface area contributed by atoms with Crippen LogP contribution in [0.1, 0.15) is 5.69 Å². The van der Waals surface area contributed by atoms with E-state index in [0.29, 0.717) is 10.7 Å². The molecule has 0 unspecified atom stereocenters. The lowest BCUT2D eigenvalue weighted by atomic mass is 10.1. The SMILES string of the molecule is OCc1ncsc1-c1cccc(Cl)c1. The molecule has 0 radical (unpaired) electrons. The van der Waals surface area contributed by atoms with Gasteiger partial charge in [0.05, 0.1) is 22.7 Å². The molecule has 0 aliphatic heterocycles. The van der Waals surface area contributed by atoms with Gasteiger partial charge in [0.25, 0.3) is 0 Å². The molecule has 0 spiro atoms. The predicted octanol–water partition coefficient (Wildman–Crippen LogP) is 2.96. The standard InChI is InChI=1S/C10H8ClNOS/c11-8-3-1-2-7(4-8)10-9(5-13)12-6-14-10/h1-4,6,13H,5H2. The van der Waals surface area contributed by atoms with Crippen LogP contribution in [-0.4, -0.2) is 10.1 Å². The number of hydrogen-bond donors (Lipinski definition) is 1. The van der Waals surface area contributed by atoms with E-state index in [1.54, 1.807) is 5.51 Å². The van der Waals surface area contributed by atoms with Crippen LogP contribution in [0.2, 0.25) is 5.02 Å². The first-order chi connectivity index (χ1) is 6.81. The lowest BCUT2D eigenvalue weighted by Crippen LogP contribution is -1.85. The van der Waals surface area contributed by atoms with Gasteiger partial charge >= 0.3 is 0 Å². The maximum absolute atomic E-state index is 9.05. The summed E-state index contributed by atoms with van der Waals surface area (Å²) in [4.78, 5) is 5.05. The van der Waals surface area contributed by atoms with E-state index in [1.165, 1.54) is 11.3 Å². The van der Waals surface area contributed by atoms with Gasteiger partial charge in [0, 0.05) is 5.02 Å². The van der Waals surface area contributed by atoms with Crippen LogP contribution in [0, 0.1) is 0 Å². The number of aliphatic hydroxyl groups is 1. The summed E-state index contributed by atoms with van der Waals surface area (Å²) in [6.45, 7) is -0.0364. The van der Waals surface area contributed by atoms with Gasteiger partial charge < -0.3 is 5.11 Å². The number of rotatable bonds is 2. The summed E-state index contributed by atoms with van der Waals surface area (Å²) in [7, 11) is 0. The van der Waals surface area contributed by atoms with Crippen LogP contribution >= 0.6 is 22.9 Å². The van der Waals surface area contributed by atoms with Gasteiger partial charge in [-0.25, -0.2) is 4.98 Å². The third kappa shape index (κ3) is 1.80. The molecule has 0 aliphatic rings. The van der Waals surface area contributed by atoms with Crippen LogP contribution < -0.4 is 0 Å². The molecule has 1 heterocycles. The van der Waals surface area contributed by atoms with Crippen LogP contribution in [0.4, 0.5) is 0 Å². The number of aliphatic hydroxyl groups excluding tert-OH is 1. The number of hydrogen-bond acceptors (Lipinski definition) is 3. The van der Waals surface area contributed by atoms with Crippen LogP contribution in [0.15, 0.2) is 29.8 Å². The first-order valence-electron chi connectivity index (χ1n) is 4.10. The fraction of sp³-hybridized carbons (Fsp3) is 0.100. The highest BCUT2D eigenvalue weighted by atomic mass is 35.5. The van der Waals surface area contributed by atoms with E-state index < -0.39 is 0 Å². The molecule has 1 N–H and O–H groups in total. The Morgan fingerprint density at radius 3 is 3.00 bits per heavy atom. The smallest absolute Gasteiger partial charge is 0.0867 e. The van der Waals surface area contributed by atoms with Crippen LogP contribution in [-0.2, 0) is 6.61 Å². The van der Waals surface area contributed by atoms with E-state index in [2.05, 4.69) is 4.98 Å². The van der Waals surface area contributed by atoms with Crippen molar-refractivity contribution < 1.29 is 5.11 Å². The molecule has 2 nitrogen and oxygen atoms in total. The van der Waals surface area contributed by atoms with Gasteiger partial charge in [-0.1, -0.05) is 23.7 Å². The quantitative estimate of drug-likeness (QED) is 0.853. The number of nitrogens with zero attached hydrogens (tertiary/aromatic N) is 1. The summed E-state index contributed by atoms with van der Waals surface area (Å²) in [5, 5.41) is 9.74. The number of thiazole rings is 1. The molecule has 0 fully saturated rings. The van der Waals surface area contributed by atoms with E-state index >= 15 is 0 Å². The van der Waals surface area contributed by atoms with Crippen LogP contribution in [0.3, 0.4) is 0 Å². The Hall–Kier alpha value is -0.900. The number of aromatic nitrogens is 1. The molecule has 0 saturated carbocycles. The van der Waals surface area contributed by atoms with E-state index in [1.807, 2.05) is 24.3 Å². The van der Waals surface area contributed by atoms with Crippen molar-refractivity contribution in [3.8, 4) is 10.4 Å². The molecule has 14 heavy (non-hydrogen) atoms. The Bertz CT molecular complexity index is 441. The van der Waals surface area contributed by atoms with Crippen LogP contribution in [0.5, 0.6) is 0 Å². The molecule has 0 bridgehead atoms. The highest BCUT2D eigenvalue weighted by Crippen LogP contribution is 2.29. The third-order valence-corrected chi connectivity index (χ3v) is 3.03. The lowest BCUT2D eigenvalue weighted by Gasteiger charge is -1.99. The van der Waals surface area contributed by atoms with Crippen molar-refractivity contribution in [3.63, 3.8) is 0 Å². The second kappa shape index (κ2) is 4.09. The average molecular weight is 226 g/mol. The molecule has 1 aromatic heterocycles. The van der Waals surface area contributed by atoms with Gasteiger partial charge in [0.1, 0.15) is 0 Å². The van der Waals surface area contributed by atoms with Gasteiger partial charge in [0.15, 0.2) is 0 Å². The number of halogens is 1. The van der Waals surface area contributed by atoms with E-state index in [0.717, 1.165) is 10.4 Å². The van der Waals surface area contributed by atoms with E-state index in [-0.39, 0.29) is 6.61 Å². The molecule has 0 atom stereocenters. The zero-order valence-electron chi connectivity index (χ0n) is 7.27. The molecule has 72 valence electrons. The van der Waals surface area contributed by atoms with Gasteiger partial charge in [-0.15, -0.1) is 11.3 Å². The molecule has 2 rings (SSSR count). The highest BCUT2D eigenvalue weighted by molar-refractivity contribution is 7.13. The summed E-state index contributed by atoms with van der Waals surface area (Å²) in [6.07, 6.45) is 0. The first kappa shape index (κ1) is 9.65. The van der Waals surface area contributed by atoms with Crippen molar-refractivity contribution in [1.82, 2.24) is 4.98 Å². The summed E-state index contributed by atoms with van der Waals surface area (Å²) in [5.41, 5.74) is 3.43. The van der Waals surface area contributed by atoms with Crippen molar-refractivity contribution in [1.29, 1.82) is 0 Å². The first-order valence-corrected chi connectivity index (χ1v) is 5.36. The zero-order valence-corrected chi connectivity index (χ0v) is 8.85. The summed E-state index contributed by atoms with van der Waals surface area (Å²) >= 11 is 7.39. The molecular formula is C10H8ClNOS. The van der Waals surface area contributed by atoms with E-state index in [4.69, 9.17) is 16.7 Å². The summed E-state index contributed by atoms with van der Waals surface area (Å²) < 4.78 is 0. The van der Waals surface area contributed by atoms with Crippen molar-refractivity contribution in [2.24, 2.45) is 0 Å². The average Bonchev–Trinajstić information content (AvgIpc) is 2.65. The van der Waals surface area contributed by atoms with Crippen molar-refractivity contribution in [2.45, 2.75) is 6.61 Å². The van der Waals surface area contributed by atoms with Crippen molar-refractivity contribution in [2.75, 3.05) is 0 Å². The highest BCUT2D eigenvalue weighted by Gasteiger charge is 2.07. The molecule has 2 aromatic rings. The fourth-order valence-corrected chi connectivity index (χ4v) is 2.24. The fourth-order valence-electron chi connectivity index (χ4n) is 1.25. The molecule has 0 saturated heterocycles. The Morgan fingerprint density at radius 2 is 2.29 bits per heavy atom. The van der Waals surface area contributed by atoms with Gasteiger partial charge in [-0.3, -0.25) is 0 Å². The molecule has 4 heteroatoms. The van der Waals surface area contributed by atoms with Crippen LogP contribution in [0.25, 0.3) is 10.4 Å². The Labute approximate surface area is 90.8 Å². The van der Waals surface area contributed by atoms with Gasteiger partial charge in [-0.05, 0) is 17.7 Å². The monoisotopic (exact) mass is 225 g/mol. The lowest BCUT2D eigenvalue weighted by molar-refractivity contribution is 0.278. The Balaban J connectivity index is 2.49. The molecule has 0 aliphatic carbocycles. The third-order valence-electron chi connectivity index (χ3n) is 1.88. The van der Waals surface area contributed by atoms with Gasteiger partial charge in [-0.2, -0.15) is 0 Å². The maximum atomic E-state index is 9.05. The minimum Gasteiger partial charge on any atom is -0.390 e. The zero-order chi connectivity index (χ0) is 9.97. The van der Waals surface area contributed by atoms with Gasteiger partial charge in [0.2, 0.25) is 0 Å². The minimum absolute atomic E-state index is 0.0364. The topological polar surface area (TPSA) is 33.1 Å². The Morgan fingerprint density at radius 1 is 1.43 bits per heavy atom. The minimum atomic E-state index is -0.0364. The Kier molecular flexibility index (Phi) is 2.82. The second-order valence-electron chi connectivity index (χ2n) is 2.80. The molecule has 0 amide bonds. The number of benzene rings is 1. The van der Waals surface area contributed by atoms with E-state index in [9.17, 15) is 0 Å². The second-order valence-corrected chi connectivity index (χ2v) is 4.09.